The third kappa shape index (κ3) is 3.44. The maximum atomic E-state index is 12.5. The van der Waals surface area contributed by atoms with Gasteiger partial charge in [-0.1, -0.05) is 30.7 Å². The first kappa shape index (κ1) is 19.6. The number of carbonyl (C=O) groups excluding carboxylic acids is 2. The highest BCUT2D eigenvalue weighted by Gasteiger charge is 2.45. The third-order valence-corrected chi connectivity index (χ3v) is 6.49. The second-order valence-corrected chi connectivity index (χ2v) is 7.96. The fourth-order valence-electron chi connectivity index (χ4n) is 4.83. The van der Waals surface area contributed by atoms with Gasteiger partial charge < -0.3 is 15.4 Å². The normalized spacial score (nSPS) is 19.8. The van der Waals surface area contributed by atoms with Crippen molar-refractivity contribution < 1.29 is 14.3 Å². The molecule has 0 atom stereocenters. The highest BCUT2D eigenvalue weighted by atomic mass is 16.5. The van der Waals surface area contributed by atoms with Gasteiger partial charge in [-0.05, 0) is 38.8 Å². The van der Waals surface area contributed by atoms with E-state index in [1.165, 1.54) is 13.5 Å². The van der Waals surface area contributed by atoms with E-state index < -0.39 is 11.5 Å². The number of aromatic nitrogens is 1. The molecule has 2 aromatic rings. The molecule has 3 heterocycles. The van der Waals surface area contributed by atoms with Gasteiger partial charge in [-0.2, -0.15) is 0 Å². The Morgan fingerprint density at radius 1 is 1.03 bits per heavy atom. The van der Waals surface area contributed by atoms with Crippen LogP contribution in [-0.2, 0) is 9.53 Å². The van der Waals surface area contributed by atoms with E-state index in [-0.39, 0.29) is 5.91 Å². The molecule has 0 spiro atoms. The first-order valence-corrected chi connectivity index (χ1v) is 10.3. The van der Waals surface area contributed by atoms with Crippen LogP contribution in [0.15, 0.2) is 30.5 Å². The summed E-state index contributed by atoms with van der Waals surface area (Å²) >= 11 is 0. The molecule has 2 saturated heterocycles. The van der Waals surface area contributed by atoms with Crippen LogP contribution in [0.5, 0.6) is 0 Å². The molecule has 29 heavy (non-hydrogen) atoms. The summed E-state index contributed by atoms with van der Waals surface area (Å²) in [5, 5.41) is 1.74. The number of esters is 1. The Balaban J connectivity index is 1.62. The average Bonchev–Trinajstić information content (AvgIpc) is 2.78. The zero-order valence-corrected chi connectivity index (χ0v) is 16.9. The van der Waals surface area contributed by atoms with Gasteiger partial charge in [-0.3, -0.25) is 9.69 Å². The molecule has 4 rings (SSSR count). The number of methoxy groups -OCH3 is 1. The van der Waals surface area contributed by atoms with Crippen LogP contribution < -0.4 is 10.6 Å². The molecule has 1 aromatic heterocycles. The molecule has 2 fully saturated rings. The van der Waals surface area contributed by atoms with E-state index in [1.54, 1.807) is 6.20 Å². The summed E-state index contributed by atoms with van der Waals surface area (Å²) in [4.78, 5) is 33.7. The summed E-state index contributed by atoms with van der Waals surface area (Å²) < 4.78 is 4.90. The molecule has 7 heteroatoms. The Labute approximate surface area is 170 Å². The van der Waals surface area contributed by atoms with E-state index in [2.05, 4.69) is 14.8 Å². The lowest BCUT2D eigenvalue weighted by molar-refractivity contribution is -0.132. The minimum Gasteiger partial charge on any atom is -0.465 e. The zero-order valence-electron chi connectivity index (χ0n) is 16.9. The number of fused-ring (bicyclic) bond motifs is 1. The van der Waals surface area contributed by atoms with Crippen molar-refractivity contribution in [2.24, 2.45) is 5.73 Å². The standard InChI is InChI=1S/C22H28N4O3/c1-29-20(27)18-15-24-19(17-8-4-3-7-16(17)18)25-13-9-22(10-14-25,21(23)28)26-11-5-2-6-12-26/h3-4,7-8,15H,2,5-6,9-14H2,1H3,(H2,23,28). The van der Waals surface area contributed by atoms with Crippen LogP contribution in [0.2, 0.25) is 0 Å². The Morgan fingerprint density at radius 3 is 2.31 bits per heavy atom. The third-order valence-electron chi connectivity index (χ3n) is 6.49. The van der Waals surface area contributed by atoms with Crippen LogP contribution in [0.1, 0.15) is 42.5 Å². The molecule has 0 unspecified atom stereocenters. The van der Waals surface area contributed by atoms with E-state index in [4.69, 9.17) is 10.5 Å². The average molecular weight is 396 g/mol. The van der Waals surface area contributed by atoms with Gasteiger partial charge in [-0.25, -0.2) is 9.78 Å². The number of amides is 1. The maximum Gasteiger partial charge on any atom is 0.340 e. The predicted octanol–water partition coefficient (Wildman–Crippen LogP) is 2.33. The van der Waals surface area contributed by atoms with Crippen molar-refractivity contribution in [3.05, 3.63) is 36.0 Å². The number of anilines is 1. The summed E-state index contributed by atoms with van der Waals surface area (Å²) in [5.74, 6) is 0.236. The van der Waals surface area contributed by atoms with Crippen molar-refractivity contribution in [1.29, 1.82) is 0 Å². The van der Waals surface area contributed by atoms with Crippen molar-refractivity contribution in [1.82, 2.24) is 9.88 Å². The summed E-state index contributed by atoms with van der Waals surface area (Å²) in [6.45, 7) is 3.29. The SMILES string of the molecule is COC(=O)c1cnc(N2CCC(C(N)=O)(N3CCCCC3)CC2)c2ccccc12. The van der Waals surface area contributed by atoms with Crippen LogP contribution in [-0.4, -0.2) is 60.6 Å². The quantitative estimate of drug-likeness (QED) is 0.798. The summed E-state index contributed by atoms with van der Waals surface area (Å²) in [6, 6.07) is 7.74. The molecule has 1 amide bonds. The van der Waals surface area contributed by atoms with Gasteiger partial charge in [-0.15, -0.1) is 0 Å². The Bertz CT molecular complexity index is 915. The summed E-state index contributed by atoms with van der Waals surface area (Å²) in [5.41, 5.74) is 5.81. The number of piperidine rings is 2. The van der Waals surface area contributed by atoms with Crippen LogP contribution in [0, 0.1) is 0 Å². The lowest BCUT2D eigenvalue weighted by atomic mass is 9.83. The van der Waals surface area contributed by atoms with Gasteiger partial charge >= 0.3 is 5.97 Å². The van der Waals surface area contributed by atoms with Crippen molar-refractivity contribution in [2.75, 3.05) is 38.2 Å². The van der Waals surface area contributed by atoms with Crippen LogP contribution in [0.3, 0.4) is 0 Å². The second-order valence-electron chi connectivity index (χ2n) is 7.96. The molecule has 0 aliphatic carbocycles. The maximum absolute atomic E-state index is 12.5. The number of nitrogens with two attached hydrogens (primary N) is 1. The van der Waals surface area contributed by atoms with E-state index in [9.17, 15) is 9.59 Å². The second kappa shape index (κ2) is 7.99. The Morgan fingerprint density at radius 2 is 1.69 bits per heavy atom. The number of ether oxygens (including phenoxy) is 1. The molecule has 2 N–H and O–H groups in total. The van der Waals surface area contributed by atoms with Crippen molar-refractivity contribution in [3.63, 3.8) is 0 Å². The summed E-state index contributed by atoms with van der Waals surface area (Å²) in [6.07, 6.45) is 6.44. The molecule has 2 aliphatic rings. The minimum absolute atomic E-state index is 0.210. The molecule has 0 saturated carbocycles. The Kier molecular flexibility index (Phi) is 5.41. The molecular formula is C22H28N4O3. The smallest absolute Gasteiger partial charge is 0.340 e. The van der Waals surface area contributed by atoms with E-state index in [0.717, 1.165) is 42.5 Å². The number of rotatable bonds is 4. The number of carbonyl (C=O) groups is 2. The zero-order chi connectivity index (χ0) is 20.4. The van der Waals surface area contributed by atoms with Crippen LogP contribution >= 0.6 is 0 Å². The predicted molar refractivity (Wildman–Crippen MR) is 112 cm³/mol. The van der Waals surface area contributed by atoms with Gasteiger partial charge in [0.2, 0.25) is 5.91 Å². The molecule has 154 valence electrons. The van der Waals surface area contributed by atoms with Crippen LogP contribution in [0.25, 0.3) is 10.8 Å². The number of hydrogen-bond acceptors (Lipinski definition) is 6. The molecular weight excluding hydrogens is 368 g/mol. The van der Waals surface area contributed by atoms with E-state index in [0.29, 0.717) is 31.5 Å². The van der Waals surface area contributed by atoms with Gasteiger partial charge in [0, 0.05) is 30.1 Å². The monoisotopic (exact) mass is 396 g/mol. The lowest BCUT2D eigenvalue weighted by Crippen LogP contribution is -2.63. The fourth-order valence-corrected chi connectivity index (χ4v) is 4.83. The van der Waals surface area contributed by atoms with Gasteiger partial charge in [0.25, 0.3) is 0 Å². The first-order chi connectivity index (χ1) is 14.1. The van der Waals surface area contributed by atoms with Crippen molar-refractivity contribution in [2.45, 2.75) is 37.6 Å². The minimum atomic E-state index is -0.557. The molecule has 0 radical (unpaired) electrons. The van der Waals surface area contributed by atoms with Gasteiger partial charge in [0.05, 0.1) is 12.7 Å². The number of nitrogens with zero attached hydrogens (tertiary/aromatic N) is 3. The number of likely N-dealkylation sites (tertiary alicyclic amines) is 1. The number of benzene rings is 1. The largest absolute Gasteiger partial charge is 0.465 e. The highest BCUT2D eigenvalue weighted by molar-refractivity contribution is 6.07. The molecule has 1 aromatic carbocycles. The number of primary amides is 1. The molecule has 7 nitrogen and oxygen atoms in total. The lowest BCUT2D eigenvalue weighted by Gasteiger charge is -2.48. The summed E-state index contributed by atoms with van der Waals surface area (Å²) in [7, 11) is 1.37. The number of pyridine rings is 1. The highest BCUT2D eigenvalue weighted by Crippen LogP contribution is 2.35. The van der Waals surface area contributed by atoms with Gasteiger partial charge in [0.15, 0.2) is 0 Å². The molecule has 0 bridgehead atoms. The molecule has 2 aliphatic heterocycles. The van der Waals surface area contributed by atoms with Crippen molar-refractivity contribution in [3.8, 4) is 0 Å². The van der Waals surface area contributed by atoms with E-state index in [1.807, 2.05) is 24.3 Å². The van der Waals surface area contributed by atoms with Gasteiger partial charge in [0.1, 0.15) is 11.4 Å². The topological polar surface area (TPSA) is 88.8 Å². The van der Waals surface area contributed by atoms with Crippen LogP contribution in [0.4, 0.5) is 5.82 Å². The number of hydrogen-bond donors (Lipinski definition) is 1. The fraction of sp³-hybridized carbons (Fsp3) is 0.500. The first-order valence-electron chi connectivity index (χ1n) is 10.3. The Hall–Kier alpha value is -2.67. The van der Waals surface area contributed by atoms with E-state index >= 15 is 0 Å². The van der Waals surface area contributed by atoms with Crippen molar-refractivity contribution >= 4 is 28.5 Å².